The number of rotatable bonds is 5. The summed E-state index contributed by atoms with van der Waals surface area (Å²) in [6.45, 7) is 8.69. The van der Waals surface area contributed by atoms with Gasteiger partial charge < -0.3 is 4.98 Å². The molecule has 21 heavy (non-hydrogen) atoms. The minimum Gasteiger partial charge on any atom is -0.334 e. The van der Waals surface area contributed by atoms with E-state index in [0.717, 1.165) is 41.2 Å². The summed E-state index contributed by atoms with van der Waals surface area (Å²) in [5, 5.41) is 11.8. The third kappa shape index (κ3) is 2.57. The molecule has 112 valence electrons. The number of hydrogen-bond acceptors (Lipinski definition) is 3. The summed E-state index contributed by atoms with van der Waals surface area (Å²) < 4.78 is 1.97. The lowest BCUT2D eigenvalue weighted by molar-refractivity contribution is 0.490. The van der Waals surface area contributed by atoms with Crippen LogP contribution in [-0.4, -0.2) is 29.9 Å². The Balaban J connectivity index is 1.94. The highest BCUT2D eigenvalue weighted by atomic mass is 15.3. The topological polar surface area (TPSA) is 75.2 Å². The molecule has 3 rings (SSSR count). The normalized spacial score (nSPS) is 13.4. The van der Waals surface area contributed by atoms with Crippen molar-refractivity contribution in [3.8, 4) is 11.5 Å². The third-order valence-corrected chi connectivity index (χ3v) is 3.75. The molecule has 0 radical (unpaired) electrons. The minimum atomic E-state index is 0.342. The largest absolute Gasteiger partial charge is 0.334 e. The van der Waals surface area contributed by atoms with Crippen molar-refractivity contribution >= 4 is 11.2 Å². The summed E-state index contributed by atoms with van der Waals surface area (Å²) in [7, 11) is 0. The quantitative estimate of drug-likeness (QED) is 0.755. The van der Waals surface area contributed by atoms with E-state index in [1.165, 1.54) is 0 Å². The van der Waals surface area contributed by atoms with E-state index in [2.05, 4.69) is 59.0 Å². The van der Waals surface area contributed by atoms with E-state index in [0.29, 0.717) is 12.0 Å². The van der Waals surface area contributed by atoms with Gasteiger partial charge in [-0.3, -0.25) is 5.10 Å². The molecular formula is C15H22N6. The van der Waals surface area contributed by atoms with Gasteiger partial charge >= 0.3 is 0 Å². The zero-order valence-electron chi connectivity index (χ0n) is 13.0. The summed E-state index contributed by atoms with van der Waals surface area (Å²) in [6, 6.07) is 2.41. The average molecular weight is 286 g/mol. The van der Waals surface area contributed by atoms with E-state index in [9.17, 15) is 0 Å². The fraction of sp³-hybridized carbons (Fsp3) is 0.533. The molecule has 2 N–H and O–H groups in total. The van der Waals surface area contributed by atoms with E-state index in [4.69, 9.17) is 0 Å². The smallest absolute Gasteiger partial charge is 0.177 e. The summed E-state index contributed by atoms with van der Waals surface area (Å²) >= 11 is 0. The van der Waals surface area contributed by atoms with Gasteiger partial charge in [-0.05, 0) is 31.7 Å². The van der Waals surface area contributed by atoms with Crippen LogP contribution in [0, 0.1) is 5.92 Å². The molecule has 3 aromatic rings. The van der Waals surface area contributed by atoms with E-state index in [-0.39, 0.29) is 0 Å². The second kappa shape index (κ2) is 5.35. The number of H-pyrrole nitrogens is 2. The summed E-state index contributed by atoms with van der Waals surface area (Å²) in [5.74, 6) is 1.40. The maximum absolute atomic E-state index is 4.67. The van der Waals surface area contributed by atoms with E-state index >= 15 is 0 Å². The van der Waals surface area contributed by atoms with Gasteiger partial charge in [-0.1, -0.05) is 20.8 Å². The van der Waals surface area contributed by atoms with Gasteiger partial charge in [0, 0.05) is 5.69 Å². The Morgan fingerprint density at radius 2 is 2.10 bits per heavy atom. The SMILES string of the molecule is CCC(C)n1ncc2[nH]c(-c3cc(CC(C)C)[nH]n3)nc21. The highest BCUT2D eigenvalue weighted by Crippen LogP contribution is 2.22. The number of aromatic nitrogens is 6. The highest BCUT2D eigenvalue weighted by Gasteiger charge is 2.15. The van der Waals surface area contributed by atoms with E-state index < -0.39 is 0 Å². The van der Waals surface area contributed by atoms with Crippen LogP contribution in [-0.2, 0) is 6.42 Å². The number of nitrogens with one attached hydrogen (secondary N) is 2. The molecule has 6 heteroatoms. The van der Waals surface area contributed by atoms with Crippen LogP contribution in [0.2, 0.25) is 0 Å². The Kier molecular flexibility index (Phi) is 3.53. The van der Waals surface area contributed by atoms with Gasteiger partial charge in [-0.15, -0.1) is 0 Å². The predicted molar refractivity (Wildman–Crippen MR) is 83.0 cm³/mol. The van der Waals surface area contributed by atoms with Gasteiger partial charge in [0.15, 0.2) is 11.5 Å². The molecule has 0 aliphatic carbocycles. The molecule has 0 saturated carbocycles. The predicted octanol–water partition coefficient (Wildman–Crippen LogP) is 3.32. The van der Waals surface area contributed by atoms with E-state index in [1.807, 2.05) is 10.9 Å². The Bertz CT molecular complexity index is 732. The molecule has 1 unspecified atom stereocenters. The van der Waals surface area contributed by atoms with Crippen molar-refractivity contribution in [2.45, 2.75) is 46.6 Å². The molecule has 0 spiro atoms. The molecule has 0 aromatic carbocycles. The summed E-state index contributed by atoms with van der Waals surface area (Å²) in [4.78, 5) is 7.97. The molecule has 0 aliphatic heterocycles. The Morgan fingerprint density at radius 3 is 2.81 bits per heavy atom. The van der Waals surface area contributed by atoms with Crippen molar-refractivity contribution in [2.75, 3.05) is 0 Å². The Hall–Kier alpha value is -2.11. The van der Waals surface area contributed by atoms with Gasteiger partial charge in [0.2, 0.25) is 0 Å². The fourth-order valence-corrected chi connectivity index (χ4v) is 2.46. The molecule has 1 atom stereocenters. The van der Waals surface area contributed by atoms with Gasteiger partial charge in [-0.25, -0.2) is 9.67 Å². The first-order chi connectivity index (χ1) is 10.1. The van der Waals surface area contributed by atoms with Crippen LogP contribution in [0.5, 0.6) is 0 Å². The van der Waals surface area contributed by atoms with Crippen LogP contribution in [0.25, 0.3) is 22.7 Å². The summed E-state index contributed by atoms with van der Waals surface area (Å²) in [5.41, 5.74) is 3.85. The van der Waals surface area contributed by atoms with Crippen LogP contribution in [0.4, 0.5) is 0 Å². The maximum Gasteiger partial charge on any atom is 0.177 e. The van der Waals surface area contributed by atoms with Gasteiger partial charge in [-0.2, -0.15) is 10.2 Å². The average Bonchev–Trinajstić information content (AvgIpc) is 3.10. The van der Waals surface area contributed by atoms with Crippen LogP contribution < -0.4 is 0 Å². The third-order valence-electron chi connectivity index (χ3n) is 3.75. The molecule has 0 amide bonds. The zero-order chi connectivity index (χ0) is 15.0. The van der Waals surface area contributed by atoms with Gasteiger partial charge in [0.1, 0.15) is 11.2 Å². The Morgan fingerprint density at radius 1 is 1.29 bits per heavy atom. The summed E-state index contributed by atoms with van der Waals surface area (Å²) in [6.07, 6.45) is 3.85. The molecule has 0 fully saturated rings. The number of imidazole rings is 1. The molecule has 0 saturated heterocycles. The second-order valence-electron chi connectivity index (χ2n) is 6.05. The van der Waals surface area contributed by atoms with Crippen LogP contribution >= 0.6 is 0 Å². The number of aromatic amines is 2. The van der Waals surface area contributed by atoms with Crippen LogP contribution in [0.1, 0.15) is 45.9 Å². The molecular weight excluding hydrogens is 264 g/mol. The molecule has 3 aromatic heterocycles. The minimum absolute atomic E-state index is 0.342. The van der Waals surface area contributed by atoms with Gasteiger partial charge in [0.25, 0.3) is 0 Å². The first-order valence-corrected chi connectivity index (χ1v) is 7.56. The van der Waals surface area contributed by atoms with Crippen LogP contribution in [0.3, 0.4) is 0 Å². The van der Waals surface area contributed by atoms with Crippen molar-refractivity contribution in [2.24, 2.45) is 5.92 Å². The Labute approximate surface area is 124 Å². The lowest BCUT2D eigenvalue weighted by Crippen LogP contribution is -2.05. The van der Waals surface area contributed by atoms with Crippen LogP contribution in [0.15, 0.2) is 12.3 Å². The number of nitrogens with zero attached hydrogens (tertiary/aromatic N) is 4. The molecule has 0 aliphatic rings. The van der Waals surface area contributed by atoms with Crippen molar-refractivity contribution < 1.29 is 0 Å². The monoisotopic (exact) mass is 286 g/mol. The van der Waals surface area contributed by atoms with Crippen molar-refractivity contribution in [3.05, 3.63) is 18.0 Å². The first-order valence-electron chi connectivity index (χ1n) is 7.56. The number of fused-ring (bicyclic) bond motifs is 1. The second-order valence-corrected chi connectivity index (χ2v) is 6.05. The van der Waals surface area contributed by atoms with Crippen molar-refractivity contribution in [1.82, 2.24) is 29.9 Å². The molecule has 0 bridgehead atoms. The zero-order valence-corrected chi connectivity index (χ0v) is 13.0. The van der Waals surface area contributed by atoms with Crippen molar-refractivity contribution in [1.29, 1.82) is 0 Å². The lowest BCUT2D eigenvalue weighted by Gasteiger charge is -2.08. The maximum atomic E-state index is 4.67. The number of hydrogen-bond donors (Lipinski definition) is 2. The fourth-order valence-electron chi connectivity index (χ4n) is 2.46. The first kappa shape index (κ1) is 13.9. The van der Waals surface area contributed by atoms with Crippen molar-refractivity contribution in [3.63, 3.8) is 0 Å². The molecule has 6 nitrogen and oxygen atoms in total. The lowest BCUT2D eigenvalue weighted by atomic mass is 10.1. The highest BCUT2D eigenvalue weighted by molar-refractivity contribution is 5.75. The van der Waals surface area contributed by atoms with Gasteiger partial charge in [0.05, 0.1) is 12.2 Å². The molecule has 3 heterocycles. The van der Waals surface area contributed by atoms with E-state index in [1.54, 1.807) is 0 Å². The standard InChI is InChI=1S/C15H22N6/c1-5-10(4)21-15-13(8-16-21)17-14(18-15)12-7-11(19-20-12)6-9(2)3/h7-10H,5-6H2,1-4H3,(H,17,18)(H,19,20).